The Balaban J connectivity index is 1.69. The minimum Gasteiger partial charge on any atom is -0.398 e. The molecule has 1 aliphatic heterocycles. The van der Waals surface area contributed by atoms with Crippen LogP contribution in [0.2, 0.25) is 0 Å². The Labute approximate surface area is 189 Å². The Hall–Kier alpha value is -2.64. The fraction of sp³-hybridized carbons (Fsp3) is 0.520. The van der Waals surface area contributed by atoms with Gasteiger partial charge in [-0.1, -0.05) is 26.8 Å². The summed E-state index contributed by atoms with van der Waals surface area (Å²) in [5.41, 5.74) is 10.5. The van der Waals surface area contributed by atoms with Crippen molar-refractivity contribution in [1.82, 2.24) is 19.0 Å². The van der Waals surface area contributed by atoms with Crippen LogP contribution in [0, 0.1) is 5.41 Å². The van der Waals surface area contributed by atoms with E-state index in [1.54, 1.807) is 16.2 Å². The molecule has 0 amide bonds. The number of anilines is 1. The van der Waals surface area contributed by atoms with Gasteiger partial charge in [0.05, 0.1) is 16.8 Å². The van der Waals surface area contributed by atoms with E-state index in [0.29, 0.717) is 24.4 Å². The summed E-state index contributed by atoms with van der Waals surface area (Å²) in [6.07, 6.45) is 1.83. The Morgan fingerprint density at radius 1 is 1.22 bits per heavy atom. The van der Waals surface area contributed by atoms with Crippen LogP contribution < -0.4 is 11.4 Å². The lowest BCUT2D eigenvalue weighted by Crippen LogP contribution is -2.45. The van der Waals surface area contributed by atoms with Gasteiger partial charge in [-0.05, 0) is 61.6 Å². The number of aryl methyl sites for hydroxylation is 1. The van der Waals surface area contributed by atoms with Crippen molar-refractivity contribution in [3.63, 3.8) is 0 Å². The second kappa shape index (κ2) is 8.05. The lowest BCUT2D eigenvalue weighted by Gasteiger charge is -2.36. The van der Waals surface area contributed by atoms with E-state index in [1.807, 2.05) is 31.2 Å². The quantitative estimate of drug-likeness (QED) is 0.611. The summed E-state index contributed by atoms with van der Waals surface area (Å²) in [6, 6.07) is 9.95. The molecule has 0 radical (unpaired) electrons. The number of aliphatic hydroxyl groups is 1. The van der Waals surface area contributed by atoms with Gasteiger partial charge in [0, 0.05) is 37.9 Å². The molecule has 1 fully saturated rings. The molecule has 7 heteroatoms. The number of piperidine rings is 1. The van der Waals surface area contributed by atoms with Gasteiger partial charge in [0.15, 0.2) is 5.65 Å². The number of benzene rings is 1. The van der Waals surface area contributed by atoms with E-state index in [1.165, 1.54) is 0 Å². The molecule has 1 unspecified atom stereocenters. The average Bonchev–Trinajstić information content (AvgIpc) is 2.92. The van der Waals surface area contributed by atoms with Gasteiger partial charge in [-0.25, -0.2) is 9.78 Å². The van der Waals surface area contributed by atoms with Crippen LogP contribution in [0.3, 0.4) is 0 Å². The van der Waals surface area contributed by atoms with Crippen LogP contribution in [-0.4, -0.2) is 42.8 Å². The van der Waals surface area contributed by atoms with Crippen LogP contribution in [-0.2, 0) is 20.1 Å². The predicted octanol–water partition coefficient (Wildman–Crippen LogP) is 3.38. The molecule has 3 N–H and O–H groups in total. The number of hydrogen-bond donors (Lipinski definition) is 2. The van der Waals surface area contributed by atoms with Crippen molar-refractivity contribution in [1.29, 1.82) is 0 Å². The van der Waals surface area contributed by atoms with Gasteiger partial charge in [0.25, 0.3) is 0 Å². The maximum absolute atomic E-state index is 12.8. The number of aromatic nitrogens is 3. The lowest BCUT2D eigenvalue weighted by atomic mass is 9.94. The standard InChI is InChI=1S/C25H35N5O2/c1-24(2,3)15-30-21-10-9-20(27-22(21)28(5)23(30)31)18-13-17(7-8-19(18)26)14-29-12-6-11-25(4,32)16-29/h7-10,13,32H,6,11-12,14-16,26H2,1-5H3. The third kappa shape index (κ3) is 4.59. The van der Waals surface area contributed by atoms with E-state index in [-0.39, 0.29) is 11.1 Å². The first kappa shape index (κ1) is 22.6. The zero-order chi connectivity index (χ0) is 23.3. The number of nitrogens with two attached hydrogens (primary N) is 1. The van der Waals surface area contributed by atoms with Gasteiger partial charge in [-0.3, -0.25) is 14.0 Å². The summed E-state index contributed by atoms with van der Waals surface area (Å²) in [5, 5.41) is 10.4. The second-order valence-electron chi connectivity index (χ2n) is 10.8. The summed E-state index contributed by atoms with van der Waals surface area (Å²) in [6.45, 7) is 11.3. The zero-order valence-electron chi connectivity index (χ0n) is 19.9. The molecule has 0 saturated carbocycles. The van der Waals surface area contributed by atoms with Crippen molar-refractivity contribution in [3.8, 4) is 11.3 Å². The molecule has 1 aromatic carbocycles. The van der Waals surface area contributed by atoms with Crippen LogP contribution in [0.1, 0.15) is 46.1 Å². The van der Waals surface area contributed by atoms with E-state index in [9.17, 15) is 9.90 Å². The minimum absolute atomic E-state index is 0.0192. The Morgan fingerprint density at radius 3 is 2.66 bits per heavy atom. The first-order valence-corrected chi connectivity index (χ1v) is 11.3. The molecule has 7 nitrogen and oxygen atoms in total. The number of β-amino-alcohol motifs (C(OH)–C–C–N with tert-alkyl or cyclic N) is 1. The summed E-state index contributed by atoms with van der Waals surface area (Å²) in [5.74, 6) is 0. The number of nitrogen functional groups attached to an aromatic ring is 1. The molecule has 4 rings (SSSR count). The summed E-state index contributed by atoms with van der Waals surface area (Å²) in [4.78, 5) is 20.0. The lowest BCUT2D eigenvalue weighted by molar-refractivity contribution is -0.0181. The van der Waals surface area contributed by atoms with Crippen molar-refractivity contribution in [3.05, 3.63) is 46.4 Å². The summed E-state index contributed by atoms with van der Waals surface area (Å²) >= 11 is 0. The largest absolute Gasteiger partial charge is 0.398 e. The third-order valence-electron chi connectivity index (χ3n) is 6.17. The first-order chi connectivity index (χ1) is 14.9. The van der Waals surface area contributed by atoms with Crippen LogP contribution in [0.5, 0.6) is 0 Å². The molecule has 32 heavy (non-hydrogen) atoms. The van der Waals surface area contributed by atoms with Crippen LogP contribution in [0.15, 0.2) is 35.1 Å². The highest BCUT2D eigenvalue weighted by Crippen LogP contribution is 2.29. The monoisotopic (exact) mass is 437 g/mol. The van der Waals surface area contributed by atoms with E-state index < -0.39 is 5.60 Å². The van der Waals surface area contributed by atoms with Gasteiger partial charge in [-0.2, -0.15) is 0 Å². The van der Waals surface area contributed by atoms with Crippen molar-refractivity contribution >= 4 is 16.9 Å². The Kier molecular flexibility index (Phi) is 5.67. The highest BCUT2D eigenvalue weighted by molar-refractivity contribution is 5.80. The topological polar surface area (TPSA) is 89.3 Å². The molecule has 1 saturated heterocycles. The molecule has 2 aromatic heterocycles. The van der Waals surface area contributed by atoms with Gasteiger partial charge < -0.3 is 10.8 Å². The number of likely N-dealkylation sites (tertiary alicyclic amines) is 1. The minimum atomic E-state index is -0.632. The normalized spacial score (nSPS) is 20.2. The third-order valence-corrected chi connectivity index (χ3v) is 6.17. The van der Waals surface area contributed by atoms with Gasteiger partial charge in [0.1, 0.15) is 0 Å². The van der Waals surface area contributed by atoms with Gasteiger partial charge >= 0.3 is 5.69 Å². The summed E-state index contributed by atoms with van der Waals surface area (Å²) < 4.78 is 3.41. The van der Waals surface area contributed by atoms with E-state index >= 15 is 0 Å². The number of pyridine rings is 1. The van der Waals surface area contributed by atoms with Crippen LogP contribution in [0.4, 0.5) is 5.69 Å². The van der Waals surface area contributed by atoms with Gasteiger partial charge in [0.2, 0.25) is 0 Å². The molecule has 1 atom stereocenters. The first-order valence-electron chi connectivity index (χ1n) is 11.3. The number of hydrogen-bond acceptors (Lipinski definition) is 5. The molecular weight excluding hydrogens is 402 g/mol. The average molecular weight is 438 g/mol. The number of fused-ring (bicyclic) bond motifs is 1. The van der Waals surface area contributed by atoms with Crippen molar-refractivity contribution in [2.75, 3.05) is 18.8 Å². The van der Waals surface area contributed by atoms with Crippen molar-refractivity contribution < 1.29 is 5.11 Å². The molecule has 0 aliphatic carbocycles. The van der Waals surface area contributed by atoms with E-state index in [2.05, 4.69) is 31.7 Å². The number of imidazole rings is 1. The predicted molar refractivity (Wildman–Crippen MR) is 129 cm³/mol. The zero-order valence-corrected chi connectivity index (χ0v) is 19.9. The molecule has 1 aliphatic rings. The SMILES string of the molecule is Cn1c(=O)n(CC(C)(C)C)c2ccc(-c3cc(CN4CCCC(C)(O)C4)ccc3N)nc21. The molecule has 0 bridgehead atoms. The van der Waals surface area contributed by atoms with Crippen LogP contribution >= 0.6 is 0 Å². The van der Waals surface area contributed by atoms with Gasteiger partial charge in [-0.15, -0.1) is 0 Å². The maximum atomic E-state index is 12.8. The highest BCUT2D eigenvalue weighted by atomic mass is 16.3. The Bertz CT molecular complexity index is 1200. The molecule has 3 heterocycles. The fourth-order valence-corrected chi connectivity index (χ4v) is 4.69. The van der Waals surface area contributed by atoms with Crippen molar-refractivity contribution in [2.24, 2.45) is 12.5 Å². The molecule has 0 spiro atoms. The maximum Gasteiger partial charge on any atom is 0.330 e. The van der Waals surface area contributed by atoms with Crippen LogP contribution in [0.25, 0.3) is 22.4 Å². The fourth-order valence-electron chi connectivity index (χ4n) is 4.69. The molecule has 172 valence electrons. The number of rotatable bonds is 4. The Morgan fingerprint density at radius 2 is 1.97 bits per heavy atom. The van der Waals surface area contributed by atoms with E-state index in [4.69, 9.17) is 10.7 Å². The number of nitrogens with zero attached hydrogens (tertiary/aromatic N) is 4. The van der Waals surface area contributed by atoms with E-state index in [0.717, 1.165) is 48.3 Å². The highest BCUT2D eigenvalue weighted by Gasteiger charge is 2.28. The van der Waals surface area contributed by atoms with Crippen molar-refractivity contribution in [2.45, 2.75) is 59.2 Å². The molecule has 3 aromatic rings. The molecular formula is C25H35N5O2. The smallest absolute Gasteiger partial charge is 0.330 e. The summed E-state index contributed by atoms with van der Waals surface area (Å²) in [7, 11) is 1.77. The second-order valence-corrected chi connectivity index (χ2v) is 10.8.